The van der Waals surface area contributed by atoms with Gasteiger partial charge in [0.25, 0.3) is 11.1 Å². The van der Waals surface area contributed by atoms with Gasteiger partial charge in [-0.15, -0.1) is 0 Å². The Labute approximate surface area is 297 Å². The Balaban J connectivity index is 1.22. The number of hydrogen-bond acceptors (Lipinski definition) is 12. The van der Waals surface area contributed by atoms with Gasteiger partial charge < -0.3 is 33.3 Å². The quantitative estimate of drug-likeness (QED) is 0.103. The normalized spacial score (nSPS) is 24.8. The molecule has 2 aliphatic rings. The first-order valence-electron chi connectivity index (χ1n) is 16.4. The van der Waals surface area contributed by atoms with Gasteiger partial charge in [-0.3, -0.25) is 28.7 Å². The summed E-state index contributed by atoms with van der Waals surface area (Å²) in [6.07, 6.45) is -2.84. The molecule has 0 amide bonds. The Hall–Kier alpha value is -3.61. The maximum Gasteiger partial charge on any atom is 0.330 e. The van der Waals surface area contributed by atoms with Crippen molar-refractivity contribution in [2.75, 3.05) is 19.8 Å². The first kappa shape index (κ1) is 37.2. The van der Waals surface area contributed by atoms with Crippen molar-refractivity contribution < 1.29 is 33.3 Å². The predicted octanol–water partition coefficient (Wildman–Crippen LogP) is 0.551. The van der Waals surface area contributed by atoms with E-state index >= 15 is 0 Å². The van der Waals surface area contributed by atoms with Crippen LogP contribution in [0.15, 0.2) is 104 Å². The topological polar surface area (TPSA) is 196 Å². The highest BCUT2D eigenvalue weighted by Gasteiger charge is 2.43. The van der Waals surface area contributed by atoms with Crippen LogP contribution in [0.2, 0.25) is 12.6 Å². The fraction of sp³-hybridized carbons (Fsp3) is 0.394. The summed E-state index contributed by atoms with van der Waals surface area (Å²) in [5.41, 5.74) is -2.50. The van der Waals surface area contributed by atoms with Crippen molar-refractivity contribution in [3.63, 3.8) is 0 Å². The molecule has 272 valence electrons. The van der Waals surface area contributed by atoms with E-state index in [-0.39, 0.29) is 26.1 Å². The Kier molecular flexibility index (Phi) is 11.6. The molecule has 2 fully saturated rings. The van der Waals surface area contributed by atoms with Crippen molar-refractivity contribution in [3.8, 4) is 0 Å². The molecule has 0 aliphatic carbocycles. The van der Waals surface area contributed by atoms with Crippen LogP contribution in [0.4, 0.5) is 0 Å². The lowest BCUT2D eigenvalue weighted by molar-refractivity contribution is -0.0546. The third-order valence-corrected chi connectivity index (χ3v) is 16.0. The molecule has 2 aromatic carbocycles. The molecule has 2 aromatic heterocycles. The summed E-state index contributed by atoms with van der Waals surface area (Å²) in [6.45, 7) is -2.05. The minimum absolute atomic E-state index is 0.0430. The van der Waals surface area contributed by atoms with Crippen LogP contribution in [0.3, 0.4) is 0 Å². The Morgan fingerprint density at radius 1 is 0.824 bits per heavy atom. The smallest absolute Gasteiger partial charge is 0.330 e. The summed E-state index contributed by atoms with van der Waals surface area (Å²) >= 11 is 5.97. The highest BCUT2D eigenvalue weighted by atomic mass is 32.5. The zero-order chi connectivity index (χ0) is 36.2. The van der Waals surface area contributed by atoms with E-state index in [2.05, 4.69) is 40.8 Å². The van der Waals surface area contributed by atoms with Gasteiger partial charge in [-0.2, -0.15) is 0 Å². The molecule has 0 bridgehead atoms. The fourth-order valence-electron chi connectivity index (χ4n) is 6.35. The number of aliphatic hydroxyl groups is 2. The van der Waals surface area contributed by atoms with E-state index in [1.807, 2.05) is 36.4 Å². The molecule has 0 saturated carbocycles. The second-order valence-electron chi connectivity index (χ2n) is 12.5. The predicted molar refractivity (Wildman–Crippen MR) is 192 cm³/mol. The molecular weight excluding hydrogens is 720 g/mol. The number of nitrogens with one attached hydrogen (secondary N) is 2. The van der Waals surface area contributed by atoms with E-state index in [0.717, 1.165) is 0 Å². The molecule has 51 heavy (non-hydrogen) atoms. The van der Waals surface area contributed by atoms with Crippen LogP contribution in [0.25, 0.3) is 0 Å². The van der Waals surface area contributed by atoms with Crippen LogP contribution in [0.5, 0.6) is 0 Å². The zero-order valence-electron chi connectivity index (χ0n) is 27.6. The maximum atomic E-state index is 12.5. The number of nitrogens with zero attached hydrogens (tertiary/aromatic N) is 2. The van der Waals surface area contributed by atoms with Gasteiger partial charge in [0.2, 0.25) is 0 Å². The molecule has 2 saturated heterocycles. The third kappa shape index (κ3) is 8.55. The van der Waals surface area contributed by atoms with Crippen molar-refractivity contribution in [1.29, 1.82) is 0 Å². The first-order valence-corrected chi connectivity index (χ1v) is 21.7. The maximum absolute atomic E-state index is 12.5. The van der Waals surface area contributed by atoms with Crippen LogP contribution < -0.4 is 32.9 Å². The lowest BCUT2D eigenvalue weighted by Crippen LogP contribution is -2.56. The summed E-state index contributed by atoms with van der Waals surface area (Å²) in [5.74, 6) is 0. The van der Waals surface area contributed by atoms with Crippen LogP contribution in [-0.4, -0.2) is 81.6 Å². The molecular formula is C33H39N4O11PSSi. The Morgan fingerprint density at radius 2 is 1.35 bits per heavy atom. The molecule has 4 aromatic rings. The second kappa shape index (κ2) is 16.0. The van der Waals surface area contributed by atoms with Crippen molar-refractivity contribution in [2.24, 2.45) is 0 Å². The summed E-state index contributed by atoms with van der Waals surface area (Å²) in [4.78, 5) is 52.5. The minimum atomic E-state index is -3.70. The fourth-order valence-corrected chi connectivity index (χ4v) is 11.9. The largest absolute Gasteiger partial charge is 0.394 e. The van der Waals surface area contributed by atoms with E-state index in [0.29, 0.717) is 6.04 Å². The van der Waals surface area contributed by atoms with Crippen molar-refractivity contribution in [1.82, 2.24) is 19.1 Å². The van der Waals surface area contributed by atoms with Gasteiger partial charge in [0.15, 0.2) is 0 Å². The molecule has 2 aliphatic heterocycles. The highest BCUT2D eigenvalue weighted by Crippen LogP contribution is 2.54. The SMILES string of the molecule is C[Si](CCOP(=S)(OC[C@H]1O[C@@H](n2ccc(=O)[nH]c2=O)C[C@@H]1O)O[C@H]1C[C@H](n2ccc(=O)[nH]c2=O)O[C@@H]1CO)(c1ccccc1)c1ccccc1. The van der Waals surface area contributed by atoms with Gasteiger partial charge in [0.05, 0.1) is 32.0 Å². The van der Waals surface area contributed by atoms with E-state index in [4.69, 9.17) is 34.9 Å². The lowest BCUT2D eigenvalue weighted by Gasteiger charge is -2.31. The van der Waals surface area contributed by atoms with Crippen LogP contribution in [0.1, 0.15) is 25.3 Å². The van der Waals surface area contributed by atoms with Crippen molar-refractivity contribution in [3.05, 3.63) is 127 Å². The molecule has 0 radical (unpaired) electrons. The van der Waals surface area contributed by atoms with Crippen LogP contribution >= 0.6 is 6.72 Å². The number of ether oxygens (including phenoxy) is 2. The average molecular weight is 759 g/mol. The number of benzene rings is 2. The molecule has 4 N–H and O–H groups in total. The average Bonchev–Trinajstić information content (AvgIpc) is 3.70. The number of aromatic nitrogens is 4. The molecule has 4 heterocycles. The molecule has 15 nitrogen and oxygen atoms in total. The van der Waals surface area contributed by atoms with Crippen molar-refractivity contribution in [2.45, 2.75) is 62.3 Å². The molecule has 1 unspecified atom stereocenters. The summed E-state index contributed by atoms with van der Waals surface area (Å²) in [6, 6.07) is 23.3. The van der Waals surface area contributed by atoms with Gasteiger partial charge in [-0.25, -0.2) is 9.59 Å². The van der Waals surface area contributed by atoms with Gasteiger partial charge >= 0.3 is 18.1 Å². The zero-order valence-corrected chi connectivity index (χ0v) is 30.3. The van der Waals surface area contributed by atoms with Crippen LogP contribution in [-0.2, 0) is 34.9 Å². The standard InChI is InChI=1S/C33H39N4O11PSSi/c1-51(22-8-4-2-5-9-22,23-10-6-3-7-11-23)17-16-44-49(50,45-21-27-24(39)18-30(47-27)36-14-12-28(40)34-32(36)42)48-25-19-31(46-26(25)20-38)37-15-13-29(41)35-33(37)43/h2-15,24-27,30-31,38-39H,16-21H2,1H3,(H,34,40,42)(H,35,41,43)/t24-,25-,26+,27+,30+,31+,49?/m0/s1. The number of hydrogen-bond donors (Lipinski definition) is 4. The molecule has 7 atom stereocenters. The molecule has 0 spiro atoms. The van der Waals surface area contributed by atoms with Gasteiger partial charge in [0.1, 0.15) is 32.7 Å². The van der Waals surface area contributed by atoms with Gasteiger partial charge in [-0.05, 0) is 17.9 Å². The first-order chi connectivity index (χ1) is 24.5. The van der Waals surface area contributed by atoms with Gasteiger partial charge in [0, 0.05) is 37.4 Å². The lowest BCUT2D eigenvalue weighted by atomic mass is 10.2. The Bertz CT molecular complexity index is 2040. The van der Waals surface area contributed by atoms with Crippen LogP contribution in [0, 0.1) is 0 Å². The summed E-state index contributed by atoms with van der Waals surface area (Å²) in [7, 11) is -2.37. The number of H-pyrrole nitrogens is 2. The highest BCUT2D eigenvalue weighted by molar-refractivity contribution is 8.07. The van der Waals surface area contributed by atoms with E-state index in [9.17, 15) is 29.4 Å². The third-order valence-electron chi connectivity index (χ3n) is 9.22. The van der Waals surface area contributed by atoms with Gasteiger partial charge in [-0.1, -0.05) is 77.6 Å². The monoisotopic (exact) mass is 758 g/mol. The van der Waals surface area contributed by atoms with E-state index in [1.54, 1.807) is 0 Å². The minimum Gasteiger partial charge on any atom is -0.394 e. The number of aromatic amines is 2. The number of aliphatic hydroxyl groups excluding tert-OH is 2. The second-order valence-corrected chi connectivity index (χ2v) is 19.8. The molecule has 18 heteroatoms. The van der Waals surface area contributed by atoms with E-state index < -0.39 is 80.8 Å². The Morgan fingerprint density at radius 3 is 1.88 bits per heavy atom. The van der Waals surface area contributed by atoms with E-state index in [1.165, 1.54) is 44.0 Å². The molecule has 6 rings (SSSR count). The number of rotatable bonds is 14. The summed E-state index contributed by atoms with van der Waals surface area (Å²) in [5, 5.41) is 23.5. The summed E-state index contributed by atoms with van der Waals surface area (Å²) < 4.78 is 33.2. The van der Waals surface area contributed by atoms with Crippen molar-refractivity contribution >= 4 is 37.0 Å².